The summed E-state index contributed by atoms with van der Waals surface area (Å²) in [7, 11) is 2.90. The first-order valence-corrected chi connectivity index (χ1v) is 10.0. The number of aryl methyl sites for hydroxylation is 1. The fraction of sp³-hybridized carbons (Fsp3) is 0.304. The summed E-state index contributed by atoms with van der Waals surface area (Å²) in [5.74, 6) is 0.665. The summed E-state index contributed by atoms with van der Waals surface area (Å²) in [6, 6.07) is 6.87. The van der Waals surface area contributed by atoms with E-state index in [0.717, 1.165) is 5.56 Å². The van der Waals surface area contributed by atoms with Gasteiger partial charge in [0.15, 0.2) is 23.0 Å². The van der Waals surface area contributed by atoms with Crippen molar-refractivity contribution in [1.29, 1.82) is 0 Å². The number of hydrogen-bond acceptors (Lipinski definition) is 6. The first-order chi connectivity index (χ1) is 15.0. The van der Waals surface area contributed by atoms with Crippen molar-refractivity contribution in [3.8, 4) is 34.3 Å². The molecule has 0 amide bonds. The molecule has 3 heterocycles. The lowest BCUT2D eigenvalue weighted by molar-refractivity contribution is 0.0464. The molecule has 160 valence electrons. The van der Waals surface area contributed by atoms with Gasteiger partial charge in [0.1, 0.15) is 0 Å². The summed E-state index contributed by atoms with van der Waals surface area (Å²) in [5, 5.41) is 10.7. The Labute approximate surface area is 177 Å². The molecule has 1 atom stereocenters. The van der Waals surface area contributed by atoms with E-state index in [-0.39, 0.29) is 28.5 Å². The number of methoxy groups -OCH3 is 2. The van der Waals surface area contributed by atoms with Crippen molar-refractivity contribution < 1.29 is 28.8 Å². The molecular formula is C23H21NO7. The number of pyridine rings is 1. The number of aromatic nitrogens is 1. The second-order valence-corrected chi connectivity index (χ2v) is 7.49. The van der Waals surface area contributed by atoms with Crippen molar-refractivity contribution in [3.05, 3.63) is 45.7 Å². The van der Waals surface area contributed by atoms with Crippen LogP contribution in [0, 0.1) is 0 Å². The van der Waals surface area contributed by atoms with Crippen LogP contribution in [0.2, 0.25) is 0 Å². The van der Waals surface area contributed by atoms with Gasteiger partial charge in [-0.25, -0.2) is 4.79 Å². The van der Waals surface area contributed by atoms with E-state index in [1.54, 1.807) is 18.2 Å². The zero-order valence-electron chi connectivity index (χ0n) is 17.4. The van der Waals surface area contributed by atoms with Crippen LogP contribution in [0.4, 0.5) is 0 Å². The molecule has 8 nitrogen and oxygen atoms in total. The lowest BCUT2D eigenvalue weighted by atomic mass is 9.91. The standard InChI is InChI=1S/C23H21NO7/c1-4-17-30-15-9-11-7-8-24-20(13(11)10-16(15)31-17)18(23(26)27)12-5-6-14(28-2)21(29-3)19(12)22(24)25/h5-6,9-10,17H,4,7-8H2,1-3H3,(H,26,27). The van der Waals surface area contributed by atoms with Crippen molar-refractivity contribution in [2.45, 2.75) is 32.6 Å². The Hall–Kier alpha value is -3.68. The Kier molecular flexibility index (Phi) is 4.32. The van der Waals surface area contributed by atoms with Crippen LogP contribution >= 0.6 is 0 Å². The van der Waals surface area contributed by atoms with Gasteiger partial charge in [-0.15, -0.1) is 0 Å². The molecule has 1 unspecified atom stereocenters. The molecule has 0 fully saturated rings. The van der Waals surface area contributed by atoms with E-state index in [9.17, 15) is 14.7 Å². The fourth-order valence-electron chi connectivity index (χ4n) is 4.48. The minimum atomic E-state index is -1.13. The van der Waals surface area contributed by atoms with Gasteiger partial charge in [0.05, 0.1) is 30.9 Å². The number of aromatic carboxylic acids is 1. The zero-order valence-corrected chi connectivity index (χ0v) is 17.4. The average Bonchev–Trinajstić information content (AvgIpc) is 3.18. The van der Waals surface area contributed by atoms with E-state index in [1.165, 1.54) is 18.8 Å². The molecule has 0 saturated carbocycles. The number of carboxylic acids is 1. The number of carboxylic acid groups (broad SMARTS) is 1. The Morgan fingerprint density at radius 2 is 1.94 bits per heavy atom. The van der Waals surface area contributed by atoms with Crippen molar-refractivity contribution in [2.75, 3.05) is 14.2 Å². The number of fused-ring (bicyclic) bond motifs is 5. The molecule has 0 saturated heterocycles. The van der Waals surface area contributed by atoms with Crippen LogP contribution < -0.4 is 24.5 Å². The molecule has 1 aromatic heterocycles. The minimum Gasteiger partial charge on any atom is -0.493 e. The summed E-state index contributed by atoms with van der Waals surface area (Å²) in [6.07, 6.45) is 0.877. The number of carbonyl (C=O) groups is 1. The van der Waals surface area contributed by atoms with Gasteiger partial charge >= 0.3 is 5.97 Å². The number of rotatable bonds is 4. The van der Waals surface area contributed by atoms with Crippen molar-refractivity contribution >= 4 is 16.7 Å². The maximum absolute atomic E-state index is 13.5. The van der Waals surface area contributed by atoms with Gasteiger partial charge in [0.25, 0.3) is 5.56 Å². The van der Waals surface area contributed by atoms with Gasteiger partial charge in [-0.1, -0.05) is 6.92 Å². The Bertz CT molecular complexity index is 1310. The molecule has 8 heteroatoms. The Morgan fingerprint density at radius 3 is 2.58 bits per heavy atom. The van der Waals surface area contributed by atoms with Crippen molar-refractivity contribution in [2.24, 2.45) is 0 Å². The summed E-state index contributed by atoms with van der Waals surface area (Å²) < 4.78 is 23.9. The summed E-state index contributed by atoms with van der Waals surface area (Å²) in [6.45, 7) is 2.30. The van der Waals surface area contributed by atoms with Crippen LogP contribution in [-0.2, 0) is 13.0 Å². The summed E-state index contributed by atoms with van der Waals surface area (Å²) in [4.78, 5) is 26.0. The highest BCUT2D eigenvalue weighted by atomic mass is 16.7. The van der Waals surface area contributed by atoms with Crippen LogP contribution in [0.3, 0.4) is 0 Å². The highest BCUT2D eigenvalue weighted by Crippen LogP contribution is 2.45. The Morgan fingerprint density at radius 1 is 1.19 bits per heavy atom. The molecule has 2 aromatic carbocycles. The van der Waals surface area contributed by atoms with Gasteiger partial charge in [0.2, 0.25) is 6.29 Å². The third-order valence-corrected chi connectivity index (χ3v) is 5.87. The van der Waals surface area contributed by atoms with Gasteiger partial charge in [-0.05, 0) is 36.2 Å². The number of nitrogens with zero attached hydrogens (tertiary/aromatic N) is 1. The van der Waals surface area contributed by atoms with E-state index in [1.807, 2.05) is 13.0 Å². The van der Waals surface area contributed by atoms with E-state index in [0.29, 0.717) is 53.3 Å². The SMILES string of the molecule is CCC1Oc2cc3c(cc2O1)-c1c(C(=O)O)c2ccc(OC)c(OC)c2c(=O)n1CC3. The van der Waals surface area contributed by atoms with Gasteiger partial charge < -0.3 is 28.6 Å². The number of hydrogen-bond donors (Lipinski definition) is 1. The zero-order chi connectivity index (χ0) is 21.9. The quantitative estimate of drug-likeness (QED) is 0.687. The van der Waals surface area contributed by atoms with Crippen LogP contribution in [0.5, 0.6) is 23.0 Å². The maximum atomic E-state index is 13.5. The molecule has 5 rings (SSSR count). The van der Waals surface area contributed by atoms with E-state index >= 15 is 0 Å². The molecule has 2 aliphatic heterocycles. The Balaban J connectivity index is 1.87. The monoisotopic (exact) mass is 423 g/mol. The second-order valence-electron chi connectivity index (χ2n) is 7.49. The van der Waals surface area contributed by atoms with Crippen molar-refractivity contribution in [1.82, 2.24) is 4.57 Å². The van der Waals surface area contributed by atoms with Crippen LogP contribution in [0.15, 0.2) is 29.1 Å². The van der Waals surface area contributed by atoms with Crippen LogP contribution in [-0.4, -0.2) is 36.2 Å². The maximum Gasteiger partial charge on any atom is 0.338 e. The lowest BCUT2D eigenvalue weighted by Crippen LogP contribution is -2.29. The minimum absolute atomic E-state index is 0.0439. The molecule has 0 aliphatic carbocycles. The third-order valence-electron chi connectivity index (χ3n) is 5.87. The lowest BCUT2D eigenvalue weighted by Gasteiger charge is -2.25. The third kappa shape index (κ3) is 2.67. The molecule has 31 heavy (non-hydrogen) atoms. The molecule has 2 aliphatic rings. The molecule has 0 spiro atoms. The predicted octanol–water partition coefficient (Wildman–Crippen LogP) is 3.45. The van der Waals surface area contributed by atoms with Gasteiger partial charge in [-0.3, -0.25) is 4.79 Å². The van der Waals surface area contributed by atoms with Gasteiger partial charge in [0, 0.05) is 23.9 Å². The van der Waals surface area contributed by atoms with Crippen molar-refractivity contribution in [3.63, 3.8) is 0 Å². The number of benzene rings is 2. The molecule has 1 N–H and O–H groups in total. The average molecular weight is 423 g/mol. The van der Waals surface area contributed by atoms with Crippen LogP contribution in [0.25, 0.3) is 22.0 Å². The largest absolute Gasteiger partial charge is 0.493 e. The normalized spacial score (nSPS) is 16.0. The molecule has 3 aromatic rings. The predicted molar refractivity (Wildman–Crippen MR) is 113 cm³/mol. The fourth-order valence-corrected chi connectivity index (χ4v) is 4.48. The first kappa shape index (κ1) is 19.3. The summed E-state index contributed by atoms with van der Waals surface area (Å²) in [5.41, 5.74) is 1.67. The highest BCUT2D eigenvalue weighted by Gasteiger charge is 2.32. The molecule has 0 bridgehead atoms. The van der Waals surface area contributed by atoms with E-state index in [2.05, 4.69) is 0 Å². The van der Waals surface area contributed by atoms with E-state index < -0.39 is 5.97 Å². The highest BCUT2D eigenvalue weighted by molar-refractivity contribution is 6.10. The van der Waals surface area contributed by atoms with E-state index in [4.69, 9.17) is 18.9 Å². The van der Waals surface area contributed by atoms with Crippen LogP contribution in [0.1, 0.15) is 29.3 Å². The topological polar surface area (TPSA) is 96.2 Å². The number of ether oxygens (including phenoxy) is 4. The van der Waals surface area contributed by atoms with Gasteiger partial charge in [-0.2, -0.15) is 0 Å². The molecule has 0 radical (unpaired) electrons. The summed E-state index contributed by atoms with van der Waals surface area (Å²) >= 11 is 0. The second kappa shape index (κ2) is 6.94. The smallest absolute Gasteiger partial charge is 0.338 e. The first-order valence-electron chi connectivity index (χ1n) is 10.0. The molecular weight excluding hydrogens is 402 g/mol.